The highest BCUT2D eigenvalue weighted by Gasteiger charge is 2.01. The molecule has 0 aliphatic heterocycles. The van der Waals surface area contributed by atoms with Crippen LogP contribution in [0.2, 0.25) is 0 Å². The molecule has 1 heterocycles. The zero-order chi connectivity index (χ0) is 12.3. The van der Waals surface area contributed by atoms with Gasteiger partial charge in [0.25, 0.3) is 0 Å². The van der Waals surface area contributed by atoms with E-state index in [0.29, 0.717) is 0 Å². The quantitative estimate of drug-likeness (QED) is 0.934. The van der Waals surface area contributed by atoms with Crippen molar-refractivity contribution in [3.8, 4) is 0 Å². The second-order valence-electron chi connectivity index (χ2n) is 4.00. The van der Waals surface area contributed by atoms with Crippen LogP contribution in [0.4, 0.5) is 5.69 Å². The van der Waals surface area contributed by atoms with Crippen molar-refractivity contribution < 1.29 is 0 Å². The standard InChI is InChI=1S/C13H16BrN3/c1-3-17-5-4-15-13(17)9-16-12-7-10(2)6-11(14)8-12/h4-8,16H,3,9H2,1-2H3. The van der Waals surface area contributed by atoms with Gasteiger partial charge in [0.1, 0.15) is 5.82 Å². The van der Waals surface area contributed by atoms with Crippen molar-refractivity contribution in [3.63, 3.8) is 0 Å². The fourth-order valence-corrected chi connectivity index (χ4v) is 2.42. The number of nitrogens with one attached hydrogen (secondary N) is 1. The molecule has 0 radical (unpaired) electrons. The molecule has 4 heteroatoms. The van der Waals surface area contributed by atoms with Gasteiger partial charge in [0.15, 0.2) is 0 Å². The van der Waals surface area contributed by atoms with E-state index < -0.39 is 0 Å². The van der Waals surface area contributed by atoms with Gasteiger partial charge in [0, 0.05) is 29.1 Å². The van der Waals surface area contributed by atoms with Crippen LogP contribution < -0.4 is 5.32 Å². The normalized spacial score (nSPS) is 10.5. The Labute approximate surface area is 110 Å². The summed E-state index contributed by atoms with van der Waals surface area (Å²) in [7, 11) is 0. The van der Waals surface area contributed by atoms with Crippen molar-refractivity contribution in [1.82, 2.24) is 9.55 Å². The average molecular weight is 294 g/mol. The summed E-state index contributed by atoms with van der Waals surface area (Å²) in [6.07, 6.45) is 3.84. The molecule has 0 fully saturated rings. The number of rotatable bonds is 4. The Morgan fingerprint density at radius 2 is 2.18 bits per heavy atom. The van der Waals surface area contributed by atoms with Crippen molar-refractivity contribution in [2.75, 3.05) is 5.32 Å². The molecule has 2 rings (SSSR count). The van der Waals surface area contributed by atoms with Crippen LogP contribution in [0.3, 0.4) is 0 Å². The van der Waals surface area contributed by atoms with Crippen molar-refractivity contribution in [3.05, 3.63) is 46.5 Å². The van der Waals surface area contributed by atoms with E-state index in [9.17, 15) is 0 Å². The lowest BCUT2D eigenvalue weighted by Crippen LogP contribution is -2.07. The second kappa shape index (κ2) is 5.36. The Morgan fingerprint density at radius 1 is 1.35 bits per heavy atom. The predicted molar refractivity (Wildman–Crippen MR) is 74.1 cm³/mol. The van der Waals surface area contributed by atoms with Crippen LogP contribution in [0.1, 0.15) is 18.3 Å². The average Bonchev–Trinajstić information content (AvgIpc) is 2.72. The van der Waals surface area contributed by atoms with Crippen molar-refractivity contribution in [1.29, 1.82) is 0 Å². The third kappa shape index (κ3) is 3.09. The van der Waals surface area contributed by atoms with Gasteiger partial charge < -0.3 is 9.88 Å². The molecule has 0 unspecified atom stereocenters. The van der Waals surface area contributed by atoms with Crippen LogP contribution in [0.5, 0.6) is 0 Å². The summed E-state index contributed by atoms with van der Waals surface area (Å²) in [4.78, 5) is 4.34. The highest BCUT2D eigenvalue weighted by molar-refractivity contribution is 9.10. The number of hydrogen-bond acceptors (Lipinski definition) is 2. The maximum absolute atomic E-state index is 4.34. The summed E-state index contributed by atoms with van der Waals surface area (Å²) in [5.74, 6) is 1.06. The summed E-state index contributed by atoms with van der Waals surface area (Å²) in [5.41, 5.74) is 2.35. The van der Waals surface area contributed by atoms with Crippen molar-refractivity contribution in [2.45, 2.75) is 26.9 Å². The van der Waals surface area contributed by atoms with Crippen LogP contribution in [0.15, 0.2) is 35.1 Å². The van der Waals surface area contributed by atoms with E-state index in [1.807, 2.05) is 12.4 Å². The van der Waals surface area contributed by atoms with Gasteiger partial charge in [0.2, 0.25) is 0 Å². The first-order valence-corrected chi connectivity index (χ1v) is 6.49. The van der Waals surface area contributed by atoms with Crippen LogP contribution in [0.25, 0.3) is 0 Å². The number of benzene rings is 1. The molecule has 1 aromatic heterocycles. The summed E-state index contributed by atoms with van der Waals surface area (Å²) < 4.78 is 3.23. The number of anilines is 1. The summed E-state index contributed by atoms with van der Waals surface area (Å²) in [6.45, 7) is 5.91. The van der Waals surface area contributed by atoms with Gasteiger partial charge in [-0.15, -0.1) is 0 Å². The summed E-state index contributed by atoms with van der Waals surface area (Å²) in [6, 6.07) is 6.30. The van der Waals surface area contributed by atoms with E-state index in [4.69, 9.17) is 0 Å². The van der Waals surface area contributed by atoms with E-state index in [-0.39, 0.29) is 0 Å². The maximum atomic E-state index is 4.34. The molecule has 0 spiro atoms. The van der Waals surface area contributed by atoms with Crippen LogP contribution in [0, 0.1) is 6.92 Å². The van der Waals surface area contributed by atoms with Crippen LogP contribution >= 0.6 is 15.9 Å². The maximum Gasteiger partial charge on any atom is 0.128 e. The molecule has 0 aliphatic rings. The summed E-state index contributed by atoms with van der Waals surface area (Å²) >= 11 is 3.50. The molecule has 0 saturated heterocycles. The number of nitrogens with zero attached hydrogens (tertiary/aromatic N) is 2. The fraction of sp³-hybridized carbons (Fsp3) is 0.308. The van der Waals surface area contributed by atoms with Gasteiger partial charge in [-0.25, -0.2) is 4.98 Å². The topological polar surface area (TPSA) is 29.9 Å². The van der Waals surface area contributed by atoms with Gasteiger partial charge >= 0.3 is 0 Å². The van der Waals surface area contributed by atoms with E-state index in [2.05, 4.69) is 62.8 Å². The number of aryl methyl sites for hydroxylation is 2. The van der Waals surface area contributed by atoms with Crippen molar-refractivity contribution in [2.24, 2.45) is 0 Å². The van der Waals surface area contributed by atoms with E-state index in [1.54, 1.807) is 0 Å². The minimum atomic E-state index is 0.747. The Kier molecular flexibility index (Phi) is 3.84. The zero-order valence-electron chi connectivity index (χ0n) is 10.1. The van der Waals surface area contributed by atoms with E-state index in [1.165, 1.54) is 5.56 Å². The molecule has 0 amide bonds. The molecule has 0 aliphatic carbocycles. The number of hydrogen-bond donors (Lipinski definition) is 1. The first kappa shape index (κ1) is 12.2. The number of imidazole rings is 1. The highest BCUT2D eigenvalue weighted by Crippen LogP contribution is 2.19. The van der Waals surface area contributed by atoms with Crippen LogP contribution in [-0.2, 0) is 13.1 Å². The van der Waals surface area contributed by atoms with Gasteiger partial charge in [0.05, 0.1) is 6.54 Å². The molecule has 3 nitrogen and oxygen atoms in total. The molecular formula is C13H16BrN3. The molecule has 1 N–H and O–H groups in total. The number of halogens is 1. The van der Waals surface area contributed by atoms with Gasteiger partial charge in [-0.3, -0.25) is 0 Å². The number of aromatic nitrogens is 2. The smallest absolute Gasteiger partial charge is 0.128 e. The molecule has 1 aromatic carbocycles. The zero-order valence-corrected chi connectivity index (χ0v) is 11.7. The Morgan fingerprint density at radius 3 is 2.88 bits per heavy atom. The van der Waals surface area contributed by atoms with Gasteiger partial charge in [-0.2, -0.15) is 0 Å². The minimum Gasteiger partial charge on any atom is -0.378 e. The van der Waals surface area contributed by atoms with E-state index >= 15 is 0 Å². The molecular weight excluding hydrogens is 278 g/mol. The van der Waals surface area contributed by atoms with E-state index in [0.717, 1.165) is 29.1 Å². The van der Waals surface area contributed by atoms with Gasteiger partial charge in [-0.05, 0) is 37.6 Å². The largest absolute Gasteiger partial charge is 0.378 e. The second-order valence-corrected chi connectivity index (χ2v) is 4.92. The minimum absolute atomic E-state index is 0.747. The third-order valence-electron chi connectivity index (χ3n) is 2.64. The Bertz CT molecular complexity index is 485. The molecule has 17 heavy (non-hydrogen) atoms. The Balaban J connectivity index is 2.07. The highest BCUT2D eigenvalue weighted by atomic mass is 79.9. The summed E-state index contributed by atoms with van der Waals surface area (Å²) in [5, 5.41) is 3.39. The molecule has 0 bridgehead atoms. The lowest BCUT2D eigenvalue weighted by atomic mass is 10.2. The first-order valence-electron chi connectivity index (χ1n) is 5.70. The Hall–Kier alpha value is -1.29. The molecule has 2 aromatic rings. The fourth-order valence-electron chi connectivity index (χ4n) is 1.81. The predicted octanol–water partition coefficient (Wildman–Crippen LogP) is 3.59. The lowest BCUT2D eigenvalue weighted by molar-refractivity contribution is 0.708. The van der Waals surface area contributed by atoms with Gasteiger partial charge in [-0.1, -0.05) is 15.9 Å². The lowest BCUT2D eigenvalue weighted by Gasteiger charge is -2.09. The molecule has 0 atom stereocenters. The SMILES string of the molecule is CCn1ccnc1CNc1cc(C)cc(Br)c1. The monoisotopic (exact) mass is 293 g/mol. The first-order chi connectivity index (χ1) is 8.19. The van der Waals surface area contributed by atoms with Crippen LogP contribution in [-0.4, -0.2) is 9.55 Å². The molecule has 0 saturated carbocycles. The molecule has 90 valence electrons. The third-order valence-corrected chi connectivity index (χ3v) is 3.09. The van der Waals surface area contributed by atoms with Crippen molar-refractivity contribution >= 4 is 21.6 Å².